The summed E-state index contributed by atoms with van der Waals surface area (Å²) in [5.74, 6) is -0.505. The van der Waals surface area contributed by atoms with Crippen molar-refractivity contribution in [2.45, 2.75) is 33.6 Å². The molecular formula is C22H26BrN3O4. The fourth-order valence-corrected chi connectivity index (χ4v) is 2.83. The summed E-state index contributed by atoms with van der Waals surface area (Å²) < 4.78 is 6.30. The van der Waals surface area contributed by atoms with Crippen LogP contribution in [0.1, 0.15) is 54.3 Å². The van der Waals surface area contributed by atoms with Crippen molar-refractivity contribution < 1.29 is 19.1 Å². The molecule has 30 heavy (non-hydrogen) atoms. The summed E-state index contributed by atoms with van der Waals surface area (Å²) in [6.07, 6.45) is 1.99. The third-order valence-electron chi connectivity index (χ3n) is 4.18. The van der Waals surface area contributed by atoms with E-state index in [1.807, 2.05) is 0 Å². The standard InChI is InChI=1S/C22H26BrN3O4/c1-4-5-12-30-19-11-8-16(13-18(19)23)22(29)26-25-21(28)15-6-9-17(10-7-15)24-20(27)14(2)3/h6-11,13-14H,4-5,12H2,1-3H3,(H,24,27)(H,25,28)(H,26,29). The van der Waals surface area contributed by atoms with Gasteiger partial charge in [0.05, 0.1) is 11.1 Å². The van der Waals surface area contributed by atoms with Gasteiger partial charge in [-0.05, 0) is 64.8 Å². The van der Waals surface area contributed by atoms with Crippen LogP contribution in [0.2, 0.25) is 0 Å². The minimum atomic E-state index is -0.469. The van der Waals surface area contributed by atoms with E-state index in [1.54, 1.807) is 56.3 Å². The number of hydrazine groups is 1. The summed E-state index contributed by atoms with van der Waals surface area (Å²) in [5.41, 5.74) is 6.08. The van der Waals surface area contributed by atoms with Crippen LogP contribution in [0.5, 0.6) is 5.75 Å². The van der Waals surface area contributed by atoms with Crippen molar-refractivity contribution in [3.8, 4) is 5.75 Å². The molecule has 0 aliphatic carbocycles. The van der Waals surface area contributed by atoms with E-state index in [1.165, 1.54) is 0 Å². The van der Waals surface area contributed by atoms with E-state index < -0.39 is 11.8 Å². The molecule has 0 heterocycles. The SMILES string of the molecule is CCCCOc1ccc(C(=O)NNC(=O)c2ccc(NC(=O)C(C)C)cc2)cc1Br. The van der Waals surface area contributed by atoms with E-state index >= 15 is 0 Å². The minimum Gasteiger partial charge on any atom is -0.492 e. The van der Waals surface area contributed by atoms with Gasteiger partial charge in [0.25, 0.3) is 11.8 Å². The number of carbonyl (C=O) groups is 3. The first kappa shape index (κ1) is 23.4. The van der Waals surface area contributed by atoms with Crippen LogP contribution in [-0.2, 0) is 4.79 Å². The lowest BCUT2D eigenvalue weighted by atomic mass is 10.1. The van der Waals surface area contributed by atoms with Crippen LogP contribution in [0.4, 0.5) is 5.69 Å². The number of benzene rings is 2. The van der Waals surface area contributed by atoms with E-state index in [0.29, 0.717) is 33.6 Å². The van der Waals surface area contributed by atoms with Gasteiger partial charge in [0, 0.05) is 22.7 Å². The number of hydrogen-bond donors (Lipinski definition) is 3. The Kier molecular flexibility index (Phi) is 8.86. The lowest BCUT2D eigenvalue weighted by molar-refractivity contribution is -0.118. The van der Waals surface area contributed by atoms with Crippen LogP contribution in [0.15, 0.2) is 46.9 Å². The number of anilines is 1. The smallest absolute Gasteiger partial charge is 0.269 e. The first-order valence-electron chi connectivity index (χ1n) is 9.75. The number of hydrogen-bond acceptors (Lipinski definition) is 4. The van der Waals surface area contributed by atoms with E-state index in [9.17, 15) is 14.4 Å². The maximum Gasteiger partial charge on any atom is 0.269 e. The number of unbranched alkanes of at least 4 members (excludes halogenated alkanes) is 1. The second kappa shape index (κ2) is 11.3. The number of ether oxygens (including phenoxy) is 1. The van der Waals surface area contributed by atoms with Gasteiger partial charge < -0.3 is 10.1 Å². The molecular weight excluding hydrogens is 450 g/mol. The lowest BCUT2D eigenvalue weighted by Crippen LogP contribution is -2.41. The third kappa shape index (κ3) is 6.88. The van der Waals surface area contributed by atoms with Crippen LogP contribution >= 0.6 is 15.9 Å². The molecule has 160 valence electrons. The maximum absolute atomic E-state index is 12.3. The number of rotatable bonds is 8. The number of carbonyl (C=O) groups excluding carboxylic acids is 3. The fraction of sp³-hybridized carbons (Fsp3) is 0.318. The molecule has 0 saturated heterocycles. The van der Waals surface area contributed by atoms with E-state index in [2.05, 4.69) is 39.0 Å². The molecule has 8 heteroatoms. The van der Waals surface area contributed by atoms with Crippen molar-refractivity contribution in [1.29, 1.82) is 0 Å². The second-order valence-electron chi connectivity index (χ2n) is 6.98. The largest absolute Gasteiger partial charge is 0.492 e. The molecule has 0 aromatic heterocycles. The molecule has 0 radical (unpaired) electrons. The summed E-state index contributed by atoms with van der Waals surface area (Å²) in [7, 11) is 0. The van der Waals surface area contributed by atoms with Crippen LogP contribution in [0.3, 0.4) is 0 Å². The molecule has 7 nitrogen and oxygen atoms in total. The van der Waals surface area contributed by atoms with Crippen LogP contribution in [0.25, 0.3) is 0 Å². The molecule has 2 rings (SSSR count). The highest BCUT2D eigenvalue weighted by atomic mass is 79.9. The monoisotopic (exact) mass is 475 g/mol. The van der Waals surface area contributed by atoms with Gasteiger partial charge in [-0.1, -0.05) is 27.2 Å². The summed E-state index contributed by atoms with van der Waals surface area (Å²) in [6, 6.07) is 11.4. The molecule has 0 atom stereocenters. The second-order valence-corrected chi connectivity index (χ2v) is 7.83. The summed E-state index contributed by atoms with van der Waals surface area (Å²) in [4.78, 5) is 36.3. The minimum absolute atomic E-state index is 0.104. The molecule has 3 N–H and O–H groups in total. The quantitative estimate of drug-likeness (QED) is 0.391. The van der Waals surface area contributed by atoms with Crippen molar-refractivity contribution in [1.82, 2.24) is 10.9 Å². The summed E-state index contributed by atoms with van der Waals surface area (Å²) in [6.45, 7) is 6.28. The molecule has 2 aromatic rings. The van der Waals surface area contributed by atoms with Gasteiger partial charge in [-0.15, -0.1) is 0 Å². The Morgan fingerprint density at radius 3 is 2.13 bits per heavy atom. The average molecular weight is 476 g/mol. The first-order valence-corrected chi connectivity index (χ1v) is 10.5. The van der Waals surface area contributed by atoms with Gasteiger partial charge in [-0.2, -0.15) is 0 Å². The molecule has 0 fully saturated rings. The highest BCUT2D eigenvalue weighted by Crippen LogP contribution is 2.26. The normalized spacial score (nSPS) is 10.4. The topological polar surface area (TPSA) is 96.5 Å². The van der Waals surface area contributed by atoms with Gasteiger partial charge in [-0.25, -0.2) is 0 Å². The van der Waals surface area contributed by atoms with E-state index in [0.717, 1.165) is 12.8 Å². The van der Waals surface area contributed by atoms with Crippen LogP contribution in [0, 0.1) is 5.92 Å². The highest BCUT2D eigenvalue weighted by Gasteiger charge is 2.12. The Morgan fingerprint density at radius 2 is 1.57 bits per heavy atom. The van der Waals surface area contributed by atoms with Crippen molar-refractivity contribution in [3.63, 3.8) is 0 Å². The Morgan fingerprint density at radius 1 is 0.967 bits per heavy atom. The van der Waals surface area contributed by atoms with Crippen LogP contribution < -0.4 is 20.9 Å². The van der Waals surface area contributed by atoms with Crippen molar-refractivity contribution in [3.05, 3.63) is 58.1 Å². The Hall–Kier alpha value is -2.87. The number of amides is 3. The van der Waals surface area contributed by atoms with Gasteiger partial charge >= 0.3 is 0 Å². The third-order valence-corrected chi connectivity index (χ3v) is 4.80. The van der Waals surface area contributed by atoms with Crippen molar-refractivity contribution in [2.75, 3.05) is 11.9 Å². The van der Waals surface area contributed by atoms with Gasteiger partial charge in [0.15, 0.2) is 0 Å². The van der Waals surface area contributed by atoms with Crippen LogP contribution in [-0.4, -0.2) is 24.3 Å². The number of nitrogens with one attached hydrogen (secondary N) is 3. The zero-order valence-corrected chi connectivity index (χ0v) is 18.8. The molecule has 0 bridgehead atoms. The summed E-state index contributed by atoms with van der Waals surface area (Å²) >= 11 is 3.39. The molecule has 0 aliphatic rings. The Balaban J connectivity index is 1.90. The molecule has 2 aromatic carbocycles. The molecule has 0 unspecified atom stereocenters. The Bertz CT molecular complexity index is 898. The van der Waals surface area contributed by atoms with Gasteiger partial charge in [0.2, 0.25) is 5.91 Å². The molecule has 3 amide bonds. The lowest BCUT2D eigenvalue weighted by Gasteiger charge is -2.11. The van der Waals surface area contributed by atoms with Crippen molar-refractivity contribution >= 4 is 39.3 Å². The average Bonchev–Trinajstić information content (AvgIpc) is 2.73. The zero-order valence-electron chi connectivity index (χ0n) is 17.3. The Labute approximate surface area is 184 Å². The fourth-order valence-electron chi connectivity index (χ4n) is 2.33. The van der Waals surface area contributed by atoms with Gasteiger partial charge in [0.1, 0.15) is 5.75 Å². The highest BCUT2D eigenvalue weighted by molar-refractivity contribution is 9.10. The van der Waals surface area contributed by atoms with Crippen molar-refractivity contribution in [2.24, 2.45) is 5.92 Å². The van der Waals surface area contributed by atoms with E-state index in [-0.39, 0.29) is 11.8 Å². The predicted molar refractivity (Wildman–Crippen MR) is 119 cm³/mol. The maximum atomic E-state index is 12.3. The summed E-state index contributed by atoms with van der Waals surface area (Å²) in [5, 5.41) is 2.75. The zero-order chi connectivity index (χ0) is 22.1. The molecule has 0 spiro atoms. The van der Waals surface area contributed by atoms with Gasteiger partial charge in [-0.3, -0.25) is 25.2 Å². The molecule has 0 saturated carbocycles. The number of halogens is 1. The predicted octanol–water partition coefficient (Wildman–Crippen LogP) is 4.30. The first-order chi connectivity index (χ1) is 14.3. The van der Waals surface area contributed by atoms with E-state index in [4.69, 9.17) is 4.74 Å². The molecule has 0 aliphatic heterocycles.